The van der Waals surface area contributed by atoms with E-state index >= 15 is 0 Å². The molecular weight excluding hydrogens is 340 g/mol. The molecule has 2 aromatic rings. The molecule has 0 aliphatic carbocycles. The molecule has 0 radical (unpaired) electrons. The summed E-state index contributed by atoms with van der Waals surface area (Å²) >= 11 is 6.23. The van der Waals surface area contributed by atoms with Gasteiger partial charge in [-0.3, -0.25) is 0 Å². The molecule has 0 saturated carbocycles. The predicted octanol–water partition coefficient (Wildman–Crippen LogP) is 4.11. The van der Waals surface area contributed by atoms with E-state index in [9.17, 15) is 9.18 Å². The third-order valence-electron chi connectivity index (χ3n) is 3.71. The number of carboxylic acids is 1. The highest BCUT2D eigenvalue weighted by Crippen LogP contribution is 2.28. The van der Waals surface area contributed by atoms with Crippen molar-refractivity contribution >= 4 is 30.0 Å². The Hall–Kier alpha value is -1.62. The monoisotopic (exact) mass is 357 g/mol. The molecule has 3 nitrogen and oxygen atoms in total. The molecule has 2 rings (SSSR count). The van der Waals surface area contributed by atoms with Gasteiger partial charge in [0.15, 0.2) is 0 Å². The second-order valence-corrected chi connectivity index (χ2v) is 5.77. The number of hydrogen-bond donors (Lipinski definition) is 2. The average molecular weight is 358 g/mol. The molecule has 0 aliphatic rings. The standard InChI is InChI=1S/C17H17ClFNO2.ClH/c1-17(19,16(21)22)15(20)10-13-8-7-12(9-14(13)18)11-5-3-2-4-6-11;/h2-9,15H,10,20H2,1H3,(H,21,22);1H. The first-order chi connectivity index (χ1) is 10.3. The van der Waals surface area contributed by atoms with E-state index in [4.69, 9.17) is 22.4 Å². The second kappa shape index (κ2) is 7.77. The highest BCUT2D eigenvalue weighted by molar-refractivity contribution is 6.31. The van der Waals surface area contributed by atoms with Gasteiger partial charge in [0.1, 0.15) is 0 Å². The fourth-order valence-electron chi connectivity index (χ4n) is 2.11. The number of alkyl halides is 1. The molecule has 2 atom stereocenters. The Kier molecular flexibility index (Phi) is 6.57. The highest BCUT2D eigenvalue weighted by Gasteiger charge is 2.39. The first-order valence-electron chi connectivity index (χ1n) is 6.84. The van der Waals surface area contributed by atoms with Crippen molar-refractivity contribution in [3.63, 3.8) is 0 Å². The van der Waals surface area contributed by atoms with E-state index in [1.54, 1.807) is 12.1 Å². The van der Waals surface area contributed by atoms with Gasteiger partial charge in [0.05, 0.1) is 6.04 Å². The molecule has 0 spiro atoms. The van der Waals surface area contributed by atoms with Crippen LogP contribution in [0.2, 0.25) is 5.02 Å². The third kappa shape index (κ3) is 4.44. The van der Waals surface area contributed by atoms with Crippen LogP contribution in [0.3, 0.4) is 0 Å². The van der Waals surface area contributed by atoms with E-state index in [2.05, 4.69) is 0 Å². The fraction of sp³-hybridized carbons (Fsp3) is 0.235. The van der Waals surface area contributed by atoms with Gasteiger partial charge in [0.25, 0.3) is 0 Å². The van der Waals surface area contributed by atoms with Gasteiger partial charge in [-0.2, -0.15) is 0 Å². The topological polar surface area (TPSA) is 63.3 Å². The maximum atomic E-state index is 14.0. The van der Waals surface area contributed by atoms with Gasteiger partial charge in [-0.15, -0.1) is 12.4 Å². The van der Waals surface area contributed by atoms with Crippen LogP contribution in [-0.2, 0) is 11.2 Å². The van der Waals surface area contributed by atoms with E-state index in [0.717, 1.165) is 18.1 Å². The summed E-state index contributed by atoms with van der Waals surface area (Å²) in [7, 11) is 0. The van der Waals surface area contributed by atoms with Crippen molar-refractivity contribution in [2.24, 2.45) is 5.73 Å². The van der Waals surface area contributed by atoms with E-state index in [1.165, 1.54) is 0 Å². The number of hydrogen-bond acceptors (Lipinski definition) is 2. The SMILES string of the molecule is CC(F)(C(=O)O)C(N)Cc1ccc(-c2ccccc2)cc1Cl.Cl. The van der Waals surface area contributed by atoms with E-state index < -0.39 is 17.7 Å². The molecule has 23 heavy (non-hydrogen) atoms. The van der Waals surface area contributed by atoms with Crippen molar-refractivity contribution in [3.05, 3.63) is 59.1 Å². The molecule has 0 saturated heterocycles. The van der Waals surface area contributed by atoms with Crippen LogP contribution in [0.1, 0.15) is 12.5 Å². The number of benzene rings is 2. The molecule has 6 heteroatoms. The predicted molar refractivity (Wildman–Crippen MR) is 93.0 cm³/mol. The molecule has 124 valence electrons. The Bertz CT molecular complexity index is 678. The molecule has 0 aromatic heterocycles. The van der Waals surface area contributed by atoms with Crippen molar-refractivity contribution in [2.75, 3.05) is 0 Å². The molecule has 0 bridgehead atoms. The van der Waals surface area contributed by atoms with Crippen LogP contribution in [0.5, 0.6) is 0 Å². The zero-order valence-corrected chi connectivity index (χ0v) is 14.1. The van der Waals surface area contributed by atoms with Gasteiger partial charge in [0.2, 0.25) is 5.67 Å². The first-order valence-corrected chi connectivity index (χ1v) is 7.22. The van der Waals surface area contributed by atoms with Crippen LogP contribution in [0.15, 0.2) is 48.5 Å². The minimum Gasteiger partial charge on any atom is -0.479 e. The zero-order valence-electron chi connectivity index (χ0n) is 12.5. The maximum Gasteiger partial charge on any atom is 0.342 e. The molecule has 0 amide bonds. The van der Waals surface area contributed by atoms with Crippen LogP contribution in [0.25, 0.3) is 11.1 Å². The summed E-state index contributed by atoms with van der Waals surface area (Å²) in [5.74, 6) is -1.57. The number of carboxylic acid groups (broad SMARTS) is 1. The summed E-state index contributed by atoms with van der Waals surface area (Å²) in [6.07, 6.45) is 0.0488. The minimum absolute atomic E-state index is 0. The van der Waals surface area contributed by atoms with Crippen LogP contribution in [0.4, 0.5) is 4.39 Å². The molecular formula is C17H18Cl2FNO2. The normalized spacial score (nSPS) is 14.4. The molecule has 0 aliphatic heterocycles. The Morgan fingerprint density at radius 1 is 1.26 bits per heavy atom. The van der Waals surface area contributed by atoms with Crippen LogP contribution in [0, 0.1) is 0 Å². The van der Waals surface area contributed by atoms with Crippen molar-refractivity contribution in [1.82, 2.24) is 0 Å². The summed E-state index contributed by atoms with van der Waals surface area (Å²) in [6, 6.07) is 13.9. The number of carbonyl (C=O) groups is 1. The number of nitrogens with two attached hydrogens (primary N) is 1. The molecule has 2 unspecified atom stereocenters. The summed E-state index contributed by atoms with van der Waals surface area (Å²) in [5.41, 5.74) is 5.76. The van der Waals surface area contributed by atoms with Crippen molar-refractivity contribution < 1.29 is 14.3 Å². The zero-order chi connectivity index (χ0) is 16.3. The first kappa shape index (κ1) is 19.4. The molecule has 0 heterocycles. The van der Waals surface area contributed by atoms with Crippen molar-refractivity contribution in [1.29, 1.82) is 0 Å². The fourth-order valence-corrected chi connectivity index (χ4v) is 2.37. The Balaban J connectivity index is 0.00000264. The van der Waals surface area contributed by atoms with Crippen molar-refractivity contribution in [2.45, 2.75) is 25.1 Å². The average Bonchev–Trinajstić information content (AvgIpc) is 2.49. The largest absolute Gasteiger partial charge is 0.479 e. The van der Waals surface area contributed by atoms with Crippen LogP contribution >= 0.6 is 24.0 Å². The smallest absolute Gasteiger partial charge is 0.342 e. The van der Waals surface area contributed by atoms with Gasteiger partial charge >= 0.3 is 5.97 Å². The van der Waals surface area contributed by atoms with E-state index in [1.807, 2.05) is 36.4 Å². The minimum atomic E-state index is -2.50. The Morgan fingerprint density at radius 2 is 1.87 bits per heavy atom. The number of halogens is 3. The Morgan fingerprint density at radius 3 is 2.39 bits per heavy atom. The van der Waals surface area contributed by atoms with E-state index in [0.29, 0.717) is 10.6 Å². The van der Waals surface area contributed by atoms with Gasteiger partial charge in [-0.1, -0.05) is 54.1 Å². The number of rotatable bonds is 5. The lowest BCUT2D eigenvalue weighted by Gasteiger charge is -2.23. The second-order valence-electron chi connectivity index (χ2n) is 5.36. The lowest BCUT2D eigenvalue weighted by Crippen LogP contribution is -2.49. The quantitative estimate of drug-likeness (QED) is 0.846. The van der Waals surface area contributed by atoms with Gasteiger partial charge in [-0.25, -0.2) is 9.18 Å². The molecule has 3 N–H and O–H groups in total. The molecule has 0 fully saturated rings. The van der Waals surface area contributed by atoms with Gasteiger partial charge in [-0.05, 0) is 36.1 Å². The maximum absolute atomic E-state index is 14.0. The lowest BCUT2D eigenvalue weighted by atomic mass is 9.92. The van der Waals surface area contributed by atoms with Crippen molar-refractivity contribution in [3.8, 4) is 11.1 Å². The third-order valence-corrected chi connectivity index (χ3v) is 4.07. The van der Waals surface area contributed by atoms with Gasteiger partial charge < -0.3 is 10.8 Å². The summed E-state index contributed by atoms with van der Waals surface area (Å²) in [6.45, 7) is 0.965. The Labute approximate surface area is 145 Å². The number of aliphatic carboxylic acids is 1. The summed E-state index contributed by atoms with van der Waals surface area (Å²) in [4.78, 5) is 10.9. The summed E-state index contributed by atoms with van der Waals surface area (Å²) in [5, 5.41) is 9.31. The van der Waals surface area contributed by atoms with Gasteiger partial charge in [0, 0.05) is 5.02 Å². The van der Waals surface area contributed by atoms with Crippen LogP contribution < -0.4 is 5.73 Å². The van der Waals surface area contributed by atoms with E-state index in [-0.39, 0.29) is 18.8 Å². The summed E-state index contributed by atoms with van der Waals surface area (Å²) < 4.78 is 14.0. The van der Waals surface area contributed by atoms with Crippen LogP contribution in [-0.4, -0.2) is 22.8 Å². The highest BCUT2D eigenvalue weighted by atomic mass is 35.5. The molecule has 2 aromatic carbocycles. The lowest BCUT2D eigenvalue weighted by molar-refractivity contribution is -0.151.